The number of hydrogen-bond acceptors (Lipinski definition) is 17. The number of nitrogens with one attached hydrogen (secondary N) is 1. The van der Waals surface area contributed by atoms with Gasteiger partial charge in [-0.25, -0.2) is 21.6 Å². The number of anilines is 2. The van der Waals surface area contributed by atoms with Crippen molar-refractivity contribution in [1.29, 1.82) is 0 Å². The molecule has 0 unspecified atom stereocenters. The van der Waals surface area contributed by atoms with Gasteiger partial charge in [0.1, 0.15) is 0 Å². The molecule has 0 saturated heterocycles. The summed E-state index contributed by atoms with van der Waals surface area (Å²) in [5, 5.41) is 20.9. The van der Waals surface area contributed by atoms with Gasteiger partial charge in [0.05, 0.1) is 39.2 Å². The van der Waals surface area contributed by atoms with Crippen molar-refractivity contribution in [3.05, 3.63) is 235 Å². The Kier molecular flexibility index (Phi) is 17.0. The number of fused-ring (bicyclic) bond motifs is 2. The number of nitrogen functional groups attached to an aromatic ring is 2. The lowest BCUT2D eigenvalue weighted by atomic mass is 10.1. The number of pyridine rings is 4. The Balaban J connectivity index is 0.000000177. The van der Waals surface area contributed by atoms with Gasteiger partial charge in [-0.3, -0.25) is 24.4 Å². The van der Waals surface area contributed by atoms with Gasteiger partial charge in [-0.2, -0.15) is 0 Å². The first kappa shape index (κ1) is 55.6. The van der Waals surface area contributed by atoms with Gasteiger partial charge < -0.3 is 45.8 Å². The van der Waals surface area contributed by atoms with Gasteiger partial charge in [-0.05, 0) is 106 Å². The highest BCUT2D eigenvalue weighted by Gasteiger charge is 2.18. The summed E-state index contributed by atoms with van der Waals surface area (Å²) in [5.74, 6) is -0.601. The second-order valence-corrected chi connectivity index (χ2v) is 22.1. The first-order chi connectivity index (χ1) is 37.7. The van der Waals surface area contributed by atoms with E-state index in [1.165, 1.54) is 39.6 Å². The third-order valence-electron chi connectivity index (χ3n) is 12.3. The summed E-state index contributed by atoms with van der Waals surface area (Å²) < 4.78 is 62.7. The van der Waals surface area contributed by atoms with Crippen molar-refractivity contribution in [1.82, 2.24) is 34.7 Å². The van der Waals surface area contributed by atoms with E-state index in [0.717, 1.165) is 29.0 Å². The number of nitrogens with two attached hydrogens (primary N) is 3. The van der Waals surface area contributed by atoms with Crippen LogP contribution in [0.5, 0.6) is 0 Å². The molecule has 0 spiro atoms. The molecular formula is C56H52N10O11S2. The summed E-state index contributed by atoms with van der Waals surface area (Å²) in [5.41, 5.74) is 23.5. The topological polar surface area (TPSA) is 335 Å². The highest BCUT2D eigenvalue weighted by atomic mass is 32.2. The summed E-state index contributed by atoms with van der Waals surface area (Å²) in [7, 11) is -7.10. The van der Waals surface area contributed by atoms with Crippen LogP contribution in [0.1, 0.15) is 65.5 Å². The van der Waals surface area contributed by atoms with Crippen LogP contribution in [0.25, 0.3) is 21.9 Å². The minimum absolute atomic E-state index is 0.119. The molecule has 6 aromatic heterocycles. The van der Waals surface area contributed by atoms with Crippen LogP contribution < -0.4 is 33.6 Å². The fourth-order valence-electron chi connectivity index (χ4n) is 8.29. The standard InChI is InChI=1S/C28H25N5O5S.C20H18N2O5S.C8H9N3O/c1-39(36,37)25-14-18(5-7-21(25)17-33-11-3-2-4-26(33)34)12-22-15-20(9-10-30-22)28(35)31-16-19-6-8-23-24(13-19)38-32-27(23)29;1-28(26,27)18-11-14(10-17-12-15(20(24)25)7-8-21-17)5-6-16(18)13-22-9-3-2-4-19(22)23;9-4-5-1-2-7-6(3-5)8(10)11-12-7/h2-11,13-15H,12,16-17H2,1H3,(H2,29,32)(H,31,35);2-9,11-12H,10,13H2,1H3,(H,24,25);1-3H,4,9H2,(H2,10,11). The Labute approximate surface area is 451 Å². The van der Waals surface area contributed by atoms with Crippen molar-refractivity contribution in [3.8, 4) is 0 Å². The van der Waals surface area contributed by atoms with E-state index in [1.807, 2.05) is 24.3 Å². The molecule has 0 saturated carbocycles. The number of aromatic nitrogens is 6. The maximum atomic E-state index is 12.8. The average molecular weight is 1110 g/mol. The second-order valence-electron chi connectivity index (χ2n) is 18.2. The monoisotopic (exact) mass is 1100 g/mol. The third kappa shape index (κ3) is 14.3. The Morgan fingerprint density at radius 2 is 1.09 bits per heavy atom. The summed E-state index contributed by atoms with van der Waals surface area (Å²) in [6.07, 6.45) is 9.03. The average Bonchev–Trinajstić information content (AvgIpc) is 4.03. The van der Waals surface area contributed by atoms with Crippen LogP contribution in [0.15, 0.2) is 187 Å². The second kappa shape index (κ2) is 24.2. The van der Waals surface area contributed by atoms with Crippen molar-refractivity contribution in [2.45, 2.75) is 48.8 Å². The van der Waals surface area contributed by atoms with E-state index in [2.05, 4.69) is 25.6 Å². The van der Waals surface area contributed by atoms with E-state index in [9.17, 15) is 36.0 Å². The number of nitrogens with zero attached hydrogens (tertiary/aromatic N) is 6. The van der Waals surface area contributed by atoms with Gasteiger partial charge in [0.25, 0.3) is 17.0 Å². The van der Waals surface area contributed by atoms with E-state index < -0.39 is 25.6 Å². The lowest BCUT2D eigenvalue weighted by Crippen LogP contribution is -2.23. The van der Waals surface area contributed by atoms with Crippen LogP contribution in [0.2, 0.25) is 0 Å². The fraction of sp³-hybridized carbons (Fsp3) is 0.143. The summed E-state index contributed by atoms with van der Waals surface area (Å²) in [6.45, 7) is 1.04. The third-order valence-corrected chi connectivity index (χ3v) is 14.6. The lowest BCUT2D eigenvalue weighted by molar-refractivity contribution is 0.0696. The molecule has 0 fully saturated rings. The Morgan fingerprint density at radius 1 is 0.582 bits per heavy atom. The number of carbonyl (C=O) groups is 2. The van der Waals surface area contributed by atoms with Crippen molar-refractivity contribution >= 4 is 65.1 Å². The van der Waals surface area contributed by atoms with E-state index in [4.69, 9.17) is 31.4 Å². The summed E-state index contributed by atoms with van der Waals surface area (Å²) in [4.78, 5) is 56.8. The van der Waals surface area contributed by atoms with Crippen molar-refractivity contribution in [2.75, 3.05) is 24.0 Å². The number of hydrogen-bond donors (Lipinski definition) is 5. The van der Waals surface area contributed by atoms with Gasteiger partial charge >= 0.3 is 5.97 Å². The van der Waals surface area contributed by atoms with Crippen molar-refractivity contribution in [2.24, 2.45) is 5.73 Å². The van der Waals surface area contributed by atoms with Gasteiger partial charge in [0.2, 0.25) is 0 Å². The number of sulfone groups is 2. The van der Waals surface area contributed by atoms with Crippen molar-refractivity contribution < 1.29 is 40.6 Å². The molecule has 404 valence electrons. The van der Waals surface area contributed by atoms with Crippen LogP contribution in [-0.2, 0) is 58.7 Å². The zero-order valence-electron chi connectivity index (χ0n) is 42.5. The summed E-state index contributed by atoms with van der Waals surface area (Å²) >= 11 is 0. The number of carbonyl (C=O) groups excluding carboxylic acids is 1. The van der Waals surface area contributed by atoms with Crippen LogP contribution in [0.4, 0.5) is 11.6 Å². The SMILES string of the molecule is CS(=O)(=O)c1cc(Cc2cc(C(=O)NCc3ccc4c(N)noc4c3)ccn2)ccc1Cn1ccccc1=O.CS(=O)(=O)c1cc(Cc2cc(C(=O)O)ccn2)ccc1Cn1ccccc1=O.NCc1ccc2onc(N)c2c1. The molecule has 0 bridgehead atoms. The molecule has 8 N–H and O–H groups in total. The number of rotatable bonds is 15. The first-order valence-electron chi connectivity index (χ1n) is 24.1. The highest BCUT2D eigenvalue weighted by molar-refractivity contribution is 7.91. The number of carboxylic acids is 1. The fourth-order valence-corrected chi connectivity index (χ4v) is 10.2. The van der Waals surface area contributed by atoms with Crippen LogP contribution in [0, 0.1) is 0 Å². The molecule has 6 heterocycles. The van der Waals surface area contributed by atoms with E-state index in [-0.39, 0.29) is 58.4 Å². The molecule has 0 aliphatic carbocycles. The predicted octanol–water partition coefficient (Wildman–Crippen LogP) is 5.79. The minimum atomic E-state index is -3.57. The smallest absolute Gasteiger partial charge is 0.335 e. The van der Waals surface area contributed by atoms with E-state index in [1.54, 1.807) is 104 Å². The van der Waals surface area contributed by atoms with Crippen LogP contribution in [0.3, 0.4) is 0 Å². The molecule has 0 radical (unpaired) electrons. The van der Waals surface area contributed by atoms with Gasteiger partial charge in [-0.1, -0.05) is 58.8 Å². The molecule has 10 rings (SSSR count). The molecule has 0 atom stereocenters. The highest BCUT2D eigenvalue weighted by Crippen LogP contribution is 2.25. The van der Waals surface area contributed by atoms with E-state index >= 15 is 0 Å². The summed E-state index contributed by atoms with van der Waals surface area (Å²) in [6, 6.07) is 36.8. The quantitative estimate of drug-likeness (QED) is 0.0810. The number of amides is 1. The zero-order valence-corrected chi connectivity index (χ0v) is 44.1. The number of carboxylic acid groups (broad SMARTS) is 1. The molecule has 10 aromatic rings. The Morgan fingerprint density at radius 3 is 1.62 bits per heavy atom. The lowest BCUT2D eigenvalue weighted by Gasteiger charge is -2.12. The molecule has 79 heavy (non-hydrogen) atoms. The van der Waals surface area contributed by atoms with Crippen LogP contribution in [-0.4, -0.2) is 75.7 Å². The largest absolute Gasteiger partial charge is 0.478 e. The Bertz CT molecular complexity index is 4250. The van der Waals surface area contributed by atoms with Gasteiger partial charge in [0, 0.05) is 92.3 Å². The molecule has 4 aromatic carbocycles. The molecule has 23 heteroatoms. The maximum Gasteiger partial charge on any atom is 0.335 e. The molecule has 0 aliphatic heterocycles. The molecule has 21 nitrogen and oxygen atoms in total. The molecule has 0 aliphatic rings. The zero-order chi connectivity index (χ0) is 56.4. The van der Waals surface area contributed by atoms with Gasteiger partial charge in [0.15, 0.2) is 42.5 Å². The maximum absolute atomic E-state index is 12.8. The minimum Gasteiger partial charge on any atom is -0.478 e. The molecule has 1 amide bonds. The Hall–Kier alpha value is -9.58. The van der Waals surface area contributed by atoms with Crippen molar-refractivity contribution in [3.63, 3.8) is 0 Å². The van der Waals surface area contributed by atoms with Gasteiger partial charge in [-0.15, -0.1) is 0 Å². The van der Waals surface area contributed by atoms with E-state index in [0.29, 0.717) is 80.4 Å². The number of benzene rings is 4. The molecular weight excluding hydrogens is 1050 g/mol. The van der Waals surface area contributed by atoms with Crippen LogP contribution >= 0.6 is 0 Å². The predicted molar refractivity (Wildman–Crippen MR) is 296 cm³/mol. The normalized spacial score (nSPS) is 11.3. The first-order valence-corrected chi connectivity index (χ1v) is 27.8. The number of aromatic carboxylic acids is 1.